The number of hydrogen-bond donors (Lipinski definition) is 0. The van der Waals surface area contributed by atoms with Crippen molar-refractivity contribution in [1.29, 1.82) is 0 Å². The van der Waals surface area contributed by atoms with Crippen LogP contribution >= 0.6 is 17.2 Å². The number of ether oxygens (including phenoxy) is 1. The summed E-state index contributed by atoms with van der Waals surface area (Å²) >= 11 is 8.11. The summed E-state index contributed by atoms with van der Waals surface area (Å²) < 4.78 is 6.16. The second-order valence-corrected chi connectivity index (χ2v) is 14.2. The summed E-state index contributed by atoms with van der Waals surface area (Å²) in [7, 11) is 1.68. The van der Waals surface area contributed by atoms with Crippen LogP contribution in [0.25, 0.3) is 0 Å². The van der Waals surface area contributed by atoms with E-state index in [0.29, 0.717) is 6.61 Å². The van der Waals surface area contributed by atoms with Crippen LogP contribution in [-0.2, 0) is 21.1 Å². The topological polar surface area (TPSA) is 27.7 Å². The monoisotopic (exact) mass is 478 g/mol. The van der Waals surface area contributed by atoms with Crippen molar-refractivity contribution in [3.8, 4) is 0 Å². The van der Waals surface area contributed by atoms with Crippen molar-refractivity contribution in [2.75, 3.05) is 13.7 Å². The van der Waals surface area contributed by atoms with E-state index in [4.69, 9.17) is 25.8 Å². The molecule has 0 radical (unpaired) electrons. The van der Waals surface area contributed by atoms with Gasteiger partial charge in [0.05, 0.1) is 0 Å². The van der Waals surface area contributed by atoms with Gasteiger partial charge in [-0.1, -0.05) is 0 Å². The van der Waals surface area contributed by atoms with Crippen LogP contribution < -0.4 is 15.9 Å². The molecule has 4 rings (SSSR count). The van der Waals surface area contributed by atoms with Crippen molar-refractivity contribution in [2.24, 2.45) is 0 Å². The first kappa shape index (κ1) is 23.6. The Kier molecular flexibility index (Phi) is 7.60. The van der Waals surface area contributed by atoms with Crippen LogP contribution in [0.15, 0.2) is 121 Å². The quantitative estimate of drug-likeness (QED) is 0.125. The van der Waals surface area contributed by atoms with E-state index in [1.807, 2.05) is 84.9 Å². The third-order valence-corrected chi connectivity index (χ3v) is 13.7. The SMILES string of the molecule is COC(COOCc1ccccc1)P(Cl)(c1ccccc1)(c1ccccc1)c1ccccc1. The molecule has 1 atom stereocenters. The predicted molar refractivity (Wildman–Crippen MR) is 139 cm³/mol. The molecule has 0 amide bonds. The van der Waals surface area contributed by atoms with Crippen molar-refractivity contribution >= 4 is 33.1 Å². The van der Waals surface area contributed by atoms with Crippen LogP contribution in [0, 0.1) is 0 Å². The third-order valence-electron chi connectivity index (χ3n) is 5.96. The van der Waals surface area contributed by atoms with Gasteiger partial charge in [-0.2, -0.15) is 0 Å². The molecule has 0 N–H and O–H groups in total. The Morgan fingerprint density at radius 1 is 0.606 bits per heavy atom. The molecule has 0 spiro atoms. The Hall–Kier alpha value is -2.52. The molecule has 0 heterocycles. The minimum absolute atomic E-state index is 0.170. The molecule has 0 saturated carbocycles. The molecule has 3 nitrogen and oxygen atoms in total. The van der Waals surface area contributed by atoms with Gasteiger partial charge in [-0.05, 0) is 0 Å². The molecular weight excluding hydrogens is 451 g/mol. The average molecular weight is 479 g/mol. The van der Waals surface area contributed by atoms with Crippen LogP contribution in [0.3, 0.4) is 0 Å². The fourth-order valence-corrected chi connectivity index (χ4v) is 10.6. The summed E-state index contributed by atoms with van der Waals surface area (Å²) in [4.78, 5) is 11.3. The van der Waals surface area contributed by atoms with Crippen LogP contribution in [-0.4, -0.2) is 19.6 Å². The maximum atomic E-state index is 8.11. The van der Waals surface area contributed by atoms with E-state index in [9.17, 15) is 0 Å². The first-order valence-corrected chi connectivity index (χ1v) is 14.1. The fraction of sp³-hybridized carbons (Fsp3) is 0.143. The molecule has 1 unspecified atom stereocenters. The second-order valence-electron chi connectivity index (χ2n) is 7.80. The zero-order valence-electron chi connectivity index (χ0n) is 18.6. The van der Waals surface area contributed by atoms with E-state index in [2.05, 4.69) is 36.4 Å². The molecule has 4 aromatic carbocycles. The molecule has 33 heavy (non-hydrogen) atoms. The van der Waals surface area contributed by atoms with Gasteiger partial charge < -0.3 is 0 Å². The summed E-state index contributed by atoms with van der Waals surface area (Å²) in [5, 5.41) is 3.04. The zero-order chi connectivity index (χ0) is 23.0. The Labute approximate surface area is 200 Å². The van der Waals surface area contributed by atoms with Gasteiger partial charge in [0, 0.05) is 0 Å². The van der Waals surface area contributed by atoms with Crippen molar-refractivity contribution in [1.82, 2.24) is 0 Å². The summed E-state index contributed by atoms with van der Waals surface area (Å²) in [5.74, 6) is -4.15. The van der Waals surface area contributed by atoms with Gasteiger partial charge in [0.15, 0.2) is 0 Å². The molecule has 5 heteroatoms. The van der Waals surface area contributed by atoms with Crippen LogP contribution in [0.4, 0.5) is 0 Å². The van der Waals surface area contributed by atoms with Gasteiger partial charge in [-0.15, -0.1) is 0 Å². The van der Waals surface area contributed by atoms with E-state index in [1.165, 1.54) is 0 Å². The van der Waals surface area contributed by atoms with E-state index in [-0.39, 0.29) is 6.61 Å². The summed E-state index contributed by atoms with van der Waals surface area (Å²) in [6, 6.07) is 40.5. The van der Waals surface area contributed by atoms with Crippen molar-refractivity contribution in [2.45, 2.75) is 12.5 Å². The molecule has 0 aliphatic carbocycles. The standard InChI is InChI=1S/C28H28ClO3P/c1-30-28(23-32-31-22-24-14-6-2-7-15-24)33(29,25-16-8-3-9-17-25,26-18-10-4-11-19-26)27-20-12-5-13-21-27/h2-21,28H,22-23H2,1H3. The minimum atomic E-state index is -3.66. The van der Waals surface area contributed by atoms with Gasteiger partial charge in [0.1, 0.15) is 0 Å². The summed E-state index contributed by atoms with van der Waals surface area (Å²) in [6.45, 7) is 0.515. The maximum absolute atomic E-state index is 8.11. The van der Waals surface area contributed by atoms with E-state index in [0.717, 1.165) is 21.5 Å². The molecule has 0 bridgehead atoms. The van der Waals surface area contributed by atoms with Crippen LogP contribution in [0.1, 0.15) is 5.56 Å². The van der Waals surface area contributed by atoms with E-state index in [1.54, 1.807) is 7.11 Å². The molecule has 0 fully saturated rings. The van der Waals surface area contributed by atoms with E-state index < -0.39 is 11.8 Å². The Morgan fingerprint density at radius 2 is 1.00 bits per heavy atom. The van der Waals surface area contributed by atoms with Gasteiger partial charge >= 0.3 is 201 Å². The molecule has 170 valence electrons. The third kappa shape index (κ3) is 4.48. The first-order valence-electron chi connectivity index (χ1n) is 10.9. The number of hydrogen-bond acceptors (Lipinski definition) is 3. The van der Waals surface area contributed by atoms with Gasteiger partial charge in [-0.25, -0.2) is 0 Å². The Bertz CT molecular complexity index is 1030. The van der Waals surface area contributed by atoms with Crippen LogP contribution in [0.2, 0.25) is 0 Å². The molecular formula is C28H28ClO3P. The molecule has 0 saturated heterocycles. The second kappa shape index (κ2) is 10.6. The number of halogens is 1. The van der Waals surface area contributed by atoms with Crippen molar-refractivity contribution < 1.29 is 14.5 Å². The first-order chi connectivity index (χ1) is 16.2. The van der Waals surface area contributed by atoms with Crippen molar-refractivity contribution in [3.63, 3.8) is 0 Å². The van der Waals surface area contributed by atoms with Gasteiger partial charge in [0.2, 0.25) is 0 Å². The number of methoxy groups -OCH3 is 1. The number of rotatable bonds is 10. The molecule has 4 aromatic rings. The predicted octanol–water partition coefficient (Wildman–Crippen LogP) is 5.79. The van der Waals surface area contributed by atoms with Gasteiger partial charge in [0.25, 0.3) is 0 Å². The summed E-state index contributed by atoms with van der Waals surface area (Å²) in [5.41, 5.74) is 1.03. The van der Waals surface area contributed by atoms with Crippen LogP contribution in [0.5, 0.6) is 0 Å². The Balaban J connectivity index is 1.79. The summed E-state index contributed by atoms with van der Waals surface area (Å²) in [6.07, 6.45) is 0. The molecule has 0 aliphatic heterocycles. The molecule has 0 aromatic heterocycles. The normalized spacial score (nSPS) is 13.7. The van der Waals surface area contributed by atoms with Gasteiger partial charge in [-0.3, -0.25) is 0 Å². The average Bonchev–Trinajstić information content (AvgIpc) is 2.90. The fourth-order valence-electron chi connectivity index (χ4n) is 4.30. The van der Waals surface area contributed by atoms with E-state index >= 15 is 0 Å². The Morgan fingerprint density at radius 3 is 1.39 bits per heavy atom. The van der Waals surface area contributed by atoms with Crippen molar-refractivity contribution in [3.05, 3.63) is 127 Å². The molecule has 0 aliphatic rings. The zero-order valence-corrected chi connectivity index (χ0v) is 20.2. The number of benzene rings is 4.